The van der Waals surface area contributed by atoms with Gasteiger partial charge >= 0.3 is 0 Å². The number of carbonyl (C=O) groups is 1. The molecule has 0 saturated heterocycles. The number of aliphatic hydroxyl groups is 1. The Hall–Kier alpha value is -0.570. The molecule has 0 bridgehead atoms. The van der Waals surface area contributed by atoms with E-state index < -0.39 is 11.5 Å². The molecule has 11 heavy (non-hydrogen) atoms. The maximum absolute atomic E-state index is 10.5. The van der Waals surface area contributed by atoms with Crippen LogP contribution in [0.15, 0.2) is 0 Å². The highest BCUT2D eigenvalue weighted by Crippen LogP contribution is 2.24. The zero-order chi connectivity index (χ0) is 9.07. The van der Waals surface area contributed by atoms with Crippen molar-refractivity contribution < 1.29 is 9.90 Å². The van der Waals surface area contributed by atoms with E-state index in [1.807, 2.05) is 20.8 Å². The van der Waals surface area contributed by atoms with Crippen molar-refractivity contribution in [3.63, 3.8) is 0 Å². The largest absolute Gasteiger partial charge is 0.389 e. The molecule has 0 aromatic carbocycles. The normalized spacial score (nSPS) is 16.5. The highest BCUT2D eigenvalue weighted by atomic mass is 16.3. The molecule has 0 aliphatic rings. The van der Waals surface area contributed by atoms with Gasteiger partial charge in [0, 0.05) is 0 Å². The summed E-state index contributed by atoms with van der Waals surface area (Å²) < 4.78 is 0. The molecule has 3 nitrogen and oxygen atoms in total. The standard InChI is InChI=1S/C8H17NO2/c1-4-8(11,6(2)3)5-7(9)10/h6,11H,4-5H2,1-3H3,(H2,9,10). The molecule has 0 radical (unpaired) electrons. The van der Waals surface area contributed by atoms with E-state index in [1.54, 1.807) is 0 Å². The quantitative estimate of drug-likeness (QED) is 0.633. The topological polar surface area (TPSA) is 63.3 Å². The maximum Gasteiger partial charge on any atom is 0.220 e. The van der Waals surface area contributed by atoms with Gasteiger partial charge in [0.05, 0.1) is 12.0 Å². The van der Waals surface area contributed by atoms with E-state index in [2.05, 4.69) is 0 Å². The zero-order valence-corrected chi connectivity index (χ0v) is 7.42. The first-order chi connectivity index (χ1) is 4.92. The predicted molar refractivity (Wildman–Crippen MR) is 43.9 cm³/mol. The van der Waals surface area contributed by atoms with E-state index in [4.69, 9.17) is 5.73 Å². The number of hydrogen-bond donors (Lipinski definition) is 2. The number of carbonyl (C=O) groups excluding carboxylic acids is 1. The van der Waals surface area contributed by atoms with Crippen molar-refractivity contribution in [2.45, 2.75) is 39.2 Å². The minimum Gasteiger partial charge on any atom is -0.389 e. The van der Waals surface area contributed by atoms with E-state index in [0.29, 0.717) is 6.42 Å². The average molecular weight is 159 g/mol. The fraction of sp³-hybridized carbons (Fsp3) is 0.875. The molecule has 0 aromatic heterocycles. The third-order valence-electron chi connectivity index (χ3n) is 2.17. The Morgan fingerprint density at radius 1 is 1.64 bits per heavy atom. The van der Waals surface area contributed by atoms with Crippen molar-refractivity contribution in [2.24, 2.45) is 11.7 Å². The van der Waals surface area contributed by atoms with Gasteiger partial charge in [-0.05, 0) is 12.3 Å². The lowest BCUT2D eigenvalue weighted by molar-refractivity contribution is -0.125. The van der Waals surface area contributed by atoms with Crippen LogP contribution in [-0.2, 0) is 4.79 Å². The summed E-state index contributed by atoms with van der Waals surface area (Å²) in [4.78, 5) is 10.5. The van der Waals surface area contributed by atoms with Crippen LogP contribution in [0.4, 0.5) is 0 Å². The second kappa shape index (κ2) is 3.72. The number of hydrogen-bond acceptors (Lipinski definition) is 2. The highest BCUT2D eigenvalue weighted by molar-refractivity contribution is 5.74. The van der Waals surface area contributed by atoms with Gasteiger partial charge in [-0.1, -0.05) is 20.8 Å². The van der Waals surface area contributed by atoms with Gasteiger partial charge in [-0.3, -0.25) is 4.79 Å². The van der Waals surface area contributed by atoms with E-state index in [9.17, 15) is 9.90 Å². The van der Waals surface area contributed by atoms with Gasteiger partial charge in [0.15, 0.2) is 0 Å². The van der Waals surface area contributed by atoms with Crippen LogP contribution in [0.2, 0.25) is 0 Å². The molecule has 1 amide bonds. The van der Waals surface area contributed by atoms with Gasteiger partial charge in [0.1, 0.15) is 0 Å². The Morgan fingerprint density at radius 3 is 2.18 bits per heavy atom. The Bertz CT molecular complexity index is 145. The van der Waals surface area contributed by atoms with Gasteiger partial charge in [-0.15, -0.1) is 0 Å². The van der Waals surface area contributed by atoms with Crippen molar-refractivity contribution in [1.82, 2.24) is 0 Å². The summed E-state index contributed by atoms with van der Waals surface area (Å²) in [5.74, 6) is -0.372. The van der Waals surface area contributed by atoms with Crippen LogP contribution in [0.1, 0.15) is 33.6 Å². The summed E-state index contributed by atoms with van der Waals surface area (Å²) >= 11 is 0. The smallest absolute Gasteiger partial charge is 0.220 e. The molecular weight excluding hydrogens is 142 g/mol. The molecule has 0 aliphatic heterocycles. The minimum absolute atomic E-state index is 0.0567. The molecule has 0 heterocycles. The van der Waals surface area contributed by atoms with Crippen LogP contribution in [0, 0.1) is 5.92 Å². The van der Waals surface area contributed by atoms with Gasteiger partial charge in [0.25, 0.3) is 0 Å². The van der Waals surface area contributed by atoms with E-state index >= 15 is 0 Å². The lowest BCUT2D eigenvalue weighted by Crippen LogP contribution is -2.38. The second-order valence-electron chi connectivity index (χ2n) is 3.25. The number of amides is 1. The number of primary amides is 1. The Morgan fingerprint density at radius 2 is 2.09 bits per heavy atom. The van der Waals surface area contributed by atoms with Crippen LogP contribution >= 0.6 is 0 Å². The fourth-order valence-corrected chi connectivity index (χ4v) is 1.04. The average Bonchev–Trinajstić information content (AvgIpc) is 1.86. The summed E-state index contributed by atoms with van der Waals surface area (Å²) in [6.07, 6.45) is 0.620. The van der Waals surface area contributed by atoms with Crippen LogP contribution in [0.3, 0.4) is 0 Å². The van der Waals surface area contributed by atoms with E-state index in [-0.39, 0.29) is 12.3 Å². The molecule has 0 saturated carbocycles. The van der Waals surface area contributed by atoms with Crippen molar-refractivity contribution >= 4 is 5.91 Å². The molecule has 0 rings (SSSR count). The third-order valence-corrected chi connectivity index (χ3v) is 2.17. The lowest BCUT2D eigenvalue weighted by atomic mass is 9.84. The van der Waals surface area contributed by atoms with Crippen LogP contribution in [0.5, 0.6) is 0 Å². The van der Waals surface area contributed by atoms with Gasteiger partial charge < -0.3 is 10.8 Å². The summed E-state index contributed by atoms with van der Waals surface area (Å²) in [5.41, 5.74) is 4.08. The lowest BCUT2D eigenvalue weighted by Gasteiger charge is -2.29. The van der Waals surface area contributed by atoms with Gasteiger partial charge in [-0.25, -0.2) is 0 Å². The van der Waals surface area contributed by atoms with Crippen LogP contribution < -0.4 is 5.73 Å². The van der Waals surface area contributed by atoms with Crippen molar-refractivity contribution in [2.75, 3.05) is 0 Å². The fourth-order valence-electron chi connectivity index (χ4n) is 1.04. The summed E-state index contributed by atoms with van der Waals surface area (Å²) in [6, 6.07) is 0. The Kier molecular flexibility index (Phi) is 3.52. The number of nitrogens with two attached hydrogens (primary N) is 1. The van der Waals surface area contributed by atoms with Gasteiger partial charge in [0.2, 0.25) is 5.91 Å². The Labute approximate surface area is 67.6 Å². The highest BCUT2D eigenvalue weighted by Gasteiger charge is 2.30. The molecule has 1 unspecified atom stereocenters. The summed E-state index contributed by atoms with van der Waals surface area (Å²) in [7, 11) is 0. The number of rotatable bonds is 4. The van der Waals surface area contributed by atoms with Crippen molar-refractivity contribution in [3.8, 4) is 0 Å². The van der Waals surface area contributed by atoms with E-state index in [0.717, 1.165) is 0 Å². The molecular formula is C8H17NO2. The maximum atomic E-state index is 10.5. The second-order valence-corrected chi connectivity index (χ2v) is 3.25. The monoisotopic (exact) mass is 159 g/mol. The van der Waals surface area contributed by atoms with Gasteiger partial charge in [-0.2, -0.15) is 0 Å². The minimum atomic E-state index is -0.911. The van der Waals surface area contributed by atoms with Crippen LogP contribution in [0.25, 0.3) is 0 Å². The van der Waals surface area contributed by atoms with E-state index in [1.165, 1.54) is 0 Å². The SMILES string of the molecule is CCC(O)(CC(N)=O)C(C)C. The molecule has 3 N–H and O–H groups in total. The molecule has 0 aliphatic carbocycles. The molecule has 0 aromatic rings. The first-order valence-corrected chi connectivity index (χ1v) is 3.93. The van der Waals surface area contributed by atoms with Crippen LogP contribution in [-0.4, -0.2) is 16.6 Å². The summed E-state index contributed by atoms with van der Waals surface area (Å²) in [6.45, 7) is 5.61. The third kappa shape index (κ3) is 2.89. The Balaban J connectivity index is 4.22. The van der Waals surface area contributed by atoms with Crippen molar-refractivity contribution in [3.05, 3.63) is 0 Å². The molecule has 1 atom stereocenters. The molecule has 3 heteroatoms. The first-order valence-electron chi connectivity index (χ1n) is 3.93. The molecule has 0 spiro atoms. The predicted octanol–water partition coefficient (Wildman–Crippen LogP) is 0.659. The van der Waals surface area contributed by atoms with Crippen molar-refractivity contribution in [1.29, 1.82) is 0 Å². The first kappa shape index (κ1) is 10.4. The molecule has 0 fully saturated rings. The summed E-state index contributed by atoms with van der Waals surface area (Å²) in [5, 5.41) is 9.77. The zero-order valence-electron chi connectivity index (χ0n) is 7.42. The molecule has 66 valence electrons.